The van der Waals surface area contributed by atoms with Crippen LogP contribution in [-0.2, 0) is 63.4 Å². The Kier molecular flexibility index (Phi) is 20.3. The number of methoxy groups -OCH3 is 1. The van der Waals surface area contributed by atoms with Crippen LogP contribution in [0.3, 0.4) is 0 Å². The lowest BCUT2D eigenvalue weighted by molar-refractivity contribution is -0.282. The van der Waals surface area contributed by atoms with Crippen molar-refractivity contribution in [3.63, 3.8) is 0 Å². The maximum Gasteiger partial charge on any atom is 0.407 e. The van der Waals surface area contributed by atoms with Gasteiger partial charge in [-0.25, -0.2) is 9.59 Å². The Bertz CT molecular complexity index is 2030. The topological polar surface area (TPSA) is 190 Å². The second-order valence-corrected chi connectivity index (χ2v) is 19.0. The van der Waals surface area contributed by atoms with Crippen molar-refractivity contribution in [2.45, 2.75) is 128 Å². The molecular formula is C49H65NO15Si. The van der Waals surface area contributed by atoms with Crippen LogP contribution in [0.15, 0.2) is 66.7 Å². The minimum atomic E-state index is -1.63. The standard InChI is InChI=1S/C49H65NO15Si/c1-8-10-16-36(17-11-9-2)66(7)60-29-34-22-23-35(64-48-46(63-33(5)53)44(62-32(4)52)43(61-31(3)51)45(65-48)47(54)56-6)28-42(34)58-27-26-57-25-24-50-49(55)59-30-41-39-20-14-12-18-37(39)38-19-13-15-21-40(38)41/h12-15,18-23,28,36,41,43-46,48,66H,8-11,16-17,24-27,29-30H2,1-7H3,(H,50,55)/t43-,44-,45-,46+,48+,66?/m0/s1. The Morgan fingerprint density at radius 2 is 1.36 bits per heavy atom. The first-order valence-corrected chi connectivity index (χ1v) is 25.1. The molecule has 1 saturated heterocycles. The first kappa shape index (κ1) is 51.5. The SMILES string of the molecule is CCCCC(CCCC)[SiH](C)OCc1ccc(O[C@@H]2O[C@H](C(=O)OC)[C@@H](OC(C)=O)[C@H](OC(C)=O)[C@H]2OC(C)=O)cc1OCCOCCNC(=O)OCC1c2ccccc2-c2ccccc21. The number of esters is 4. The maximum atomic E-state index is 13.0. The molecule has 66 heavy (non-hydrogen) atoms. The van der Waals surface area contributed by atoms with Crippen LogP contribution in [-0.4, -0.2) is 110 Å². The highest BCUT2D eigenvalue weighted by Gasteiger charge is 2.56. The number of carbonyl (C=O) groups is 5. The largest absolute Gasteiger partial charge is 0.491 e. The van der Waals surface area contributed by atoms with E-state index < -0.39 is 69.7 Å². The summed E-state index contributed by atoms with van der Waals surface area (Å²) in [6, 6.07) is 21.3. The van der Waals surface area contributed by atoms with Gasteiger partial charge in [0.25, 0.3) is 0 Å². The third-order valence-corrected chi connectivity index (χ3v) is 14.2. The summed E-state index contributed by atoms with van der Waals surface area (Å²) in [4.78, 5) is 62.5. The van der Waals surface area contributed by atoms with Crippen molar-refractivity contribution < 1.29 is 71.0 Å². The average Bonchev–Trinajstić information content (AvgIpc) is 3.61. The lowest BCUT2D eigenvalue weighted by atomic mass is 9.97. The molecule has 3 aromatic rings. The van der Waals surface area contributed by atoms with E-state index in [9.17, 15) is 24.0 Å². The van der Waals surface area contributed by atoms with E-state index in [1.807, 2.05) is 24.3 Å². The van der Waals surface area contributed by atoms with Gasteiger partial charge in [0.15, 0.2) is 27.4 Å². The first-order valence-electron chi connectivity index (χ1n) is 22.8. The number of hydrogen-bond acceptors (Lipinski definition) is 15. The molecule has 0 bridgehead atoms. The second kappa shape index (κ2) is 26.0. The van der Waals surface area contributed by atoms with E-state index in [4.69, 9.17) is 47.1 Å². The highest BCUT2D eigenvalue weighted by Crippen LogP contribution is 2.44. The molecule has 1 fully saturated rings. The van der Waals surface area contributed by atoms with Gasteiger partial charge >= 0.3 is 30.0 Å². The minimum absolute atomic E-state index is 0.0514. The normalized spacial score (nSPS) is 19.2. The number of benzene rings is 3. The van der Waals surface area contributed by atoms with Crippen molar-refractivity contribution in [1.29, 1.82) is 0 Å². The molecule has 5 rings (SSSR count). The minimum Gasteiger partial charge on any atom is -0.491 e. The zero-order valence-corrected chi connectivity index (χ0v) is 40.2. The molecule has 1 aliphatic carbocycles. The van der Waals surface area contributed by atoms with Crippen molar-refractivity contribution in [1.82, 2.24) is 5.32 Å². The van der Waals surface area contributed by atoms with Gasteiger partial charge in [-0.1, -0.05) is 101 Å². The van der Waals surface area contributed by atoms with Gasteiger partial charge in [0.2, 0.25) is 12.4 Å². The molecule has 0 saturated carbocycles. The van der Waals surface area contributed by atoms with E-state index >= 15 is 0 Å². The molecule has 1 heterocycles. The summed E-state index contributed by atoms with van der Waals surface area (Å²) in [5.41, 5.74) is 5.82. The van der Waals surface area contributed by atoms with Crippen LogP contribution in [0.2, 0.25) is 12.1 Å². The molecule has 0 spiro atoms. The van der Waals surface area contributed by atoms with Gasteiger partial charge in [-0.05, 0) is 46.5 Å². The predicted molar refractivity (Wildman–Crippen MR) is 244 cm³/mol. The lowest BCUT2D eigenvalue weighted by Crippen LogP contribution is -2.64. The maximum absolute atomic E-state index is 13.0. The summed E-state index contributed by atoms with van der Waals surface area (Å²) in [6.07, 6.45) is -1.50. The molecule has 16 nitrogen and oxygen atoms in total. The summed E-state index contributed by atoms with van der Waals surface area (Å²) >= 11 is 0. The second-order valence-electron chi connectivity index (χ2n) is 16.3. The van der Waals surface area contributed by atoms with Gasteiger partial charge in [0.1, 0.15) is 24.7 Å². The molecular weight excluding hydrogens is 871 g/mol. The molecule has 360 valence electrons. The number of hydrogen-bond donors (Lipinski definition) is 1. The van der Waals surface area contributed by atoms with Crippen LogP contribution in [0.1, 0.15) is 95.8 Å². The Labute approximate surface area is 388 Å². The summed E-state index contributed by atoms with van der Waals surface area (Å²) in [7, 11) is -0.523. The number of unbranched alkanes of at least 4 members (excludes halogenated alkanes) is 2. The van der Waals surface area contributed by atoms with Crippen molar-refractivity contribution in [2.75, 3.05) is 40.1 Å². The smallest absolute Gasteiger partial charge is 0.407 e. The van der Waals surface area contributed by atoms with E-state index in [-0.39, 0.29) is 51.2 Å². The van der Waals surface area contributed by atoms with Gasteiger partial charge in [-0.3, -0.25) is 14.4 Å². The Morgan fingerprint density at radius 3 is 1.97 bits per heavy atom. The fraction of sp³-hybridized carbons (Fsp3) is 0.531. The van der Waals surface area contributed by atoms with E-state index in [1.165, 1.54) is 0 Å². The number of fused-ring (bicyclic) bond motifs is 3. The van der Waals surface area contributed by atoms with Crippen LogP contribution < -0.4 is 14.8 Å². The fourth-order valence-corrected chi connectivity index (χ4v) is 10.4. The number of alkyl carbamates (subject to hydrolysis) is 1. The fourth-order valence-electron chi connectivity index (χ4n) is 8.26. The highest BCUT2D eigenvalue weighted by atomic mass is 28.3. The van der Waals surface area contributed by atoms with Crippen LogP contribution in [0.5, 0.6) is 11.5 Å². The third-order valence-electron chi connectivity index (χ3n) is 11.5. The highest BCUT2D eigenvalue weighted by molar-refractivity contribution is 6.52. The molecule has 6 atom stereocenters. The van der Waals surface area contributed by atoms with Gasteiger partial charge in [-0.2, -0.15) is 0 Å². The Balaban J connectivity index is 1.25. The summed E-state index contributed by atoms with van der Waals surface area (Å²) < 4.78 is 57.9. The van der Waals surface area contributed by atoms with Crippen LogP contribution in [0.25, 0.3) is 11.1 Å². The Morgan fingerprint density at radius 1 is 0.758 bits per heavy atom. The van der Waals surface area contributed by atoms with Crippen LogP contribution >= 0.6 is 0 Å². The molecule has 1 aliphatic heterocycles. The van der Waals surface area contributed by atoms with Crippen molar-refractivity contribution in [3.8, 4) is 22.6 Å². The molecule has 17 heteroatoms. The number of nitrogens with one attached hydrogen (secondary N) is 1. The first-order chi connectivity index (χ1) is 31.8. The van der Waals surface area contributed by atoms with Gasteiger partial charge in [0, 0.05) is 44.9 Å². The molecule has 0 aromatic heterocycles. The zero-order chi connectivity index (χ0) is 47.6. The average molecular weight is 936 g/mol. The molecule has 0 radical (unpaired) electrons. The van der Waals surface area contributed by atoms with Crippen LogP contribution in [0.4, 0.5) is 4.79 Å². The summed E-state index contributed by atoms with van der Waals surface area (Å²) in [5, 5.41) is 2.75. The van der Waals surface area contributed by atoms with Crippen LogP contribution in [0, 0.1) is 0 Å². The number of ether oxygens (including phenoxy) is 9. The third kappa shape index (κ3) is 14.5. The van der Waals surface area contributed by atoms with E-state index in [1.54, 1.807) is 18.2 Å². The van der Waals surface area contributed by atoms with E-state index in [2.05, 4.69) is 50.0 Å². The molecule has 1 N–H and O–H groups in total. The summed E-state index contributed by atoms with van der Waals surface area (Å²) in [6.45, 7) is 11.1. The molecule has 1 amide bonds. The number of amides is 1. The molecule has 3 aromatic carbocycles. The van der Waals surface area contributed by atoms with Gasteiger partial charge in [0.05, 0.1) is 26.9 Å². The summed E-state index contributed by atoms with van der Waals surface area (Å²) in [5.74, 6) is -2.83. The molecule has 1 unspecified atom stereocenters. The van der Waals surface area contributed by atoms with Gasteiger partial charge < -0.3 is 52.4 Å². The monoisotopic (exact) mass is 935 g/mol. The lowest BCUT2D eigenvalue weighted by Gasteiger charge is -2.43. The predicted octanol–water partition coefficient (Wildman–Crippen LogP) is 7.31. The van der Waals surface area contributed by atoms with Gasteiger partial charge in [-0.15, -0.1) is 0 Å². The van der Waals surface area contributed by atoms with E-state index in [0.29, 0.717) is 11.3 Å². The van der Waals surface area contributed by atoms with Crippen molar-refractivity contribution in [3.05, 3.63) is 83.4 Å². The molecule has 2 aliphatic rings. The van der Waals surface area contributed by atoms with E-state index in [0.717, 1.165) is 94.2 Å². The van der Waals surface area contributed by atoms with Crippen molar-refractivity contribution in [2.24, 2.45) is 0 Å². The quantitative estimate of drug-likeness (QED) is 0.0385. The van der Waals surface area contributed by atoms with Crippen molar-refractivity contribution >= 4 is 39.0 Å². The number of rotatable bonds is 25. The number of carbonyl (C=O) groups excluding carboxylic acids is 5. The Hall–Kier alpha value is -5.49. The zero-order valence-electron chi connectivity index (χ0n) is 39.1.